The third-order valence-corrected chi connectivity index (χ3v) is 5.80. The van der Waals surface area contributed by atoms with E-state index in [1.165, 1.54) is 6.07 Å². The zero-order chi connectivity index (χ0) is 19.5. The lowest BCUT2D eigenvalue weighted by molar-refractivity contribution is -0.158. The maximum atomic E-state index is 13.8. The van der Waals surface area contributed by atoms with Crippen molar-refractivity contribution in [2.45, 2.75) is 31.8 Å². The lowest BCUT2D eigenvalue weighted by atomic mass is 9.85. The SMILES string of the molecule is Cc1ccc(N=CC(C(=O)O[C@H]2CN3CCC2CC3)c2ccccc2)cc1F. The van der Waals surface area contributed by atoms with Crippen LogP contribution in [0.4, 0.5) is 10.1 Å². The van der Waals surface area contributed by atoms with E-state index in [0.29, 0.717) is 17.2 Å². The van der Waals surface area contributed by atoms with Crippen LogP contribution in [0.15, 0.2) is 53.5 Å². The van der Waals surface area contributed by atoms with E-state index >= 15 is 0 Å². The Hall–Kier alpha value is -2.53. The number of carbonyl (C=O) groups excluding carboxylic acids is 1. The molecule has 3 heterocycles. The number of carbonyl (C=O) groups is 1. The Bertz CT molecular complexity index is 860. The summed E-state index contributed by atoms with van der Waals surface area (Å²) in [6, 6.07) is 14.3. The minimum Gasteiger partial charge on any atom is -0.460 e. The highest BCUT2D eigenvalue weighted by Gasteiger charge is 2.37. The fourth-order valence-electron chi connectivity index (χ4n) is 4.03. The molecule has 3 aliphatic rings. The van der Waals surface area contributed by atoms with Crippen LogP contribution in [-0.2, 0) is 9.53 Å². The van der Waals surface area contributed by atoms with Crippen LogP contribution in [0.5, 0.6) is 0 Å². The molecule has 2 bridgehead atoms. The van der Waals surface area contributed by atoms with Crippen molar-refractivity contribution in [1.29, 1.82) is 0 Å². The number of hydrogen-bond donors (Lipinski definition) is 0. The van der Waals surface area contributed by atoms with Crippen LogP contribution < -0.4 is 0 Å². The highest BCUT2D eigenvalue weighted by atomic mass is 19.1. The molecule has 5 rings (SSSR count). The third kappa shape index (κ3) is 4.14. The molecule has 0 radical (unpaired) electrons. The van der Waals surface area contributed by atoms with Crippen LogP contribution in [0.1, 0.15) is 29.9 Å². The summed E-state index contributed by atoms with van der Waals surface area (Å²) < 4.78 is 19.7. The van der Waals surface area contributed by atoms with E-state index in [2.05, 4.69) is 9.89 Å². The summed E-state index contributed by atoms with van der Waals surface area (Å²) in [6.45, 7) is 4.72. The lowest BCUT2D eigenvalue weighted by Crippen LogP contribution is -2.52. The second kappa shape index (κ2) is 8.23. The molecule has 0 aliphatic carbocycles. The van der Waals surface area contributed by atoms with Gasteiger partial charge in [-0.3, -0.25) is 14.7 Å². The summed E-state index contributed by atoms with van der Waals surface area (Å²) in [4.78, 5) is 19.8. The molecule has 2 atom stereocenters. The van der Waals surface area contributed by atoms with Crippen molar-refractivity contribution in [3.05, 3.63) is 65.5 Å². The van der Waals surface area contributed by atoms with Crippen molar-refractivity contribution in [3.63, 3.8) is 0 Å². The van der Waals surface area contributed by atoms with E-state index < -0.39 is 5.92 Å². The molecule has 28 heavy (non-hydrogen) atoms. The Morgan fingerprint density at radius 1 is 1.21 bits per heavy atom. The van der Waals surface area contributed by atoms with Gasteiger partial charge in [-0.05, 0) is 62.0 Å². The number of ether oxygens (including phenoxy) is 1. The zero-order valence-electron chi connectivity index (χ0n) is 16.1. The second-order valence-corrected chi connectivity index (χ2v) is 7.71. The Kier molecular flexibility index (Phi) is 5.53. The normalized spacial score (nSPS) is 25.0. The fourth-order valence-corrected chi connectivity index (χ4v) is 4.03. The molecular formula is C23H25FN2O2. The van der Waals surface area contributed by atoms with Crippen LogP contribution in [-0.4, -0.2) is 42.8 Å². The van der Waals surface area contributed by atoms with Gasteiger partial charge in [0, 0.05) is 12.8 Å². The van der Waals surface area contributed by atoms with Gasteiger partial charge in [0.15, 0.2) is 0 Å². The van der Waals surface area contributed by atoms with E-state index in [1.807, 2.05) is 30.3 Å². The summed E-state index contributed by atoms with van der Waals surface area (Å²) in [7, 11) is 0. The fraction of sp³-hybridized carbons (Fsp3) is 0.391. The van der Waals surface area contributed by atoms with Crippen molar-refractivity contribution in [2.24, 2.45) is 10.9 Å². The van der Waals surface area contributed by atoms with Gasteiger partial charge < -0.3 is 4.74 Å². The topological polar surface area (TPSA) is 41.9 Å². The standard InChI is InChI=1S/C23H25FN2O2/c1-16-7-8-19(13-21(16)24)25-14-20(17-5-3-2-4-6-17)23(27)28-22-15-26-11-9-18(22)10-12-26/h2-8,13-14,18,20,22H,9-12,15H2,1H3/t20?,22-/m0/s1. The minimum absolute atomic E-state index is 0.0496. The maximum Gasteiger partial charge on any atom is 0.319 e. The number of halogens is 1. The monoisotopic (exact) mass is 380 g/mol. The molecule has 0 N–H and O–H groups in total. The summed E-state index contributed by atoms with van der Waals surface area (Å²) in [5.74, 6) is -0.753. The molecule has 0 amide bonds. The van der Waals surface area contributed by atoms with E-state index in [1.54, 1.807) is 25.3 Å². The number of piperidine rings is 3. The van der Waals surface area contributed by atoms with Crippen molar-refractivity contribution in [3.8, 4) is 0 Å². The maximum absolute atomic E-state index is 13.8. The summed E-state index contributed by atoms with van der Waals surface area (Å²) >= 11 is 0. The molecule has 1 unspecified atom stereocenters. The number of rotatable bonds is 5. The Balaban J connectivity index is 1.54. The number of fused-ring (bicyclic) bond motifs is 3. The summed E-state index contributed by atoms with van der Waals surface area (Å²) in [6.07, 6.45) is 3.70. The average Bonchev–Trinajstić information content (AvgIpc) is 2.72. The first-order valence-electron chi connectivity index (χ1n) is 9.88. The van der Waals surface area contributed by atoms with Crippen LogP contribution in [0.3, 0.4) is 0 Å². The number of esters is 1. The van der Waals surface area contributed by atoms with Crippen LogP contribution in [0.2, 0.25) is 0 Å². The molecule has 2 aromatic carbocycles. The minimum atomic E-state index is -0.610. The largest absolute Gasteiger partial charge is 0.460 e. The van der Waals surface area contributed by atoms with E-state index in [9.17, 15) is 9.18 Å². The molecule has 0 saturated carbocycles. The van der Waals surface area contributed by atoms with Gasteiger partial charge in [-0.1, -0.05) is 36.4 Å². The van der Waals surface area contributed by atoms with Crippen molar-refractivity contribution in [1.82, 2.24) is 4.90 Å². The van der Waals surface area contributed by atoms with Crippen LogP contribution in [0, 0.1) is 18.7 Å². The smallest absolute Gasteiger partial charge is 0.319 e. The Morgan fingerprint density at radius 2 is 1.96 bits per heavy atom. The van der Waals surface area contributed by atoms with Gasteiger partial charge in [0.05, 0.1) is 5.69 Å². The molecule has 3 fully saturated rings. The predicted octanol–water partition coefficient (Wildman–Crippen LogP) is 4.26. The van der Waals surface area contributed by atoms with E-state index in [-0.39, 0.29) is 17.9 Å². The summed E-state index contributed by atoms with van der Waals surface area (Å²) in [5, 5.41) is 0. The first-order valence-corrected chi connectivity index (χ1v) is 9.88. The average molecular weight is 380 g/mol. The van der Waals surface area contributed by atoms with Gasteiger partial charge in [-0.25, -0.2) is 4.39 Å². The van der Waals surface area contributed by atoms with Crippen LogP contribution >= 0.6 is 0 Å². The van der Waals surface area contributed by atoms with Gasteiger partial charge in [-0.2, -0.15) is 0 Å². The number of nitrogens with zero attached hydrogens (tertiary/aromatic N) is 2. The van der Waals surface area contributed by atoms with Crippen LogP contribution in [0.25, 0.3) is 0 Å². The second-order valence-electron chi connectivity index (χ2n) is 7.71. The van der Waals surface area contributed by atoms with E-state index in [4.69, 9.17) is 4.74 Å². The molecule has 146 valence electrons. The molecule has 0 aromatic heterocycles. The molecule has 3 aliphatic heterocycles. The molecule has 3 saturated heterocycles. The van der Waals surface area contributed by atoms with Gasteiger partial charge >= 0.3 is 5.97 Å². The highest BCUT2D eigenvalue weighted by Crippen LogP contribution is 2.31. The zero-order valence-corrected chi connectivity index (χ0v) is 16.1. The van der Waals surface area contributed by atoms with Gasteiger partial charge in [0.2, 0.25) is 0 Å². The summed E-state index contributed by atoms with van der Waals surface area (Å²) in [5.41, 5.74) is 1.88. The van der Waals surface area contributed by atoms with Gasteiger partial charge in [-0.15, -0.1) is 0 Å². The molecule has 4 nitrogen and oxygen atoms in total. The third-order valence-electron chi connectivity index (χ3n) is 5.80. The quantitative estimate of drug-likeness (QED) is 0.575. The molecule has 0 spiro atoms. The molecular weight excluding hydrogens is 355 g/mol. The Labute approximate surface area is 165 Å². The van der Waals surface area contributed by atoms with Crippen molar-refractivity contribution in [2.75, 3.05) is 19.6 Å². The predicted molar refractivity (Wildman–Crippen MR) is 108 cm³/mol. The lowest BCUT2D eigenvalue weighted by Gasteiger charge is -2.44. The highest BCUT2D eigenvalue weighted by molar-refractivity contribution is 5.97. The van der Waals surface area contributed by atoms with Gasteiger partial charge in [0.1, 0.15) is 17.8 Å². The molecule has 5 heteroatoms. The number of benzene rings is 2. The number of aliphatic imine (C=N–C) groups is 1. The van der Waals surface area contributed by atoms with Crippen molar-refractivity contribution < 1.29 is 13.9 Å². The number of hydrogen-bond acceptors (Lipinski definition) is 4. The van der Waals surface area contributed by atoms with E-state index in [0.717, 1.165) is 38.0 Å². The van der Waals surface area contributed by atoms with Crippen molar-refractivity contribution >= 4 is 17.9 Å². The number of aryl methyl sites for hydroxylation is 1. The first kappa shape index (κ1) is 18.8. The Morgan fingerprint density at radius 3 is 2.61 bits per heavy atom. The first-order chi connectivity index (χ1) is 13.6. The molecule has 2 aromatic rings. The van der Waals surface area contributed by atoms with Gasteiger partial charge in [0.25, 0.3) is 0 Å².